The molecule has 0 bridgehead atoms. The number of hydrogen-bond acceptors (Lipinski definition) is 7. The standard InChI is InChI=1S/C14H22N4O3.C2H2O4/c1-11-12(6-4-7-13(11)18(20)21)16-14(19)10-15-8-5-9-17(2)3;3-1(4)2(5)6/h4,6-7,15H,5,8-10H2,1-3H3,(H,16,19);(H,3,4)(H,5,6). The number of hydrogen-bond donors (Lipinski definition) is 4. The number of rotatable bonds is 8. The van der Waals surface area contributed by atoms with Gasteiger partial charge in [0.15, 0.2) is 0 Å². The van der Waals surface area contributed by atoms with Crippen LogP contribution in [-0.2, 0) is 14.4 Å². The van der Waals surface area contributed by atoms with E-state index >= 15 is 0 Å². The van der Waals surface area contributed by atoms with E-state index in [4.69, 9.17) is 19.8 Å². The van der Waals surface area contributed by atoms with E-state index in [1.54, 1.807) is 19.1 Å². The van der Waals surface area contributed by atoms with Crippen molar-refractivity contribution in [3.63, 3.8) is 0 Å². The monoisotopic (exact) mass is 384 g/mol. The third-order valence-corrected chi connectivity index (χ3v) is 3.20. The Kier molecular flexibility index (Phi) is 10.9. The first-order valence-electron chi connectivity index (χ1n) is 7.91. The lowest BCUT2D eigenvalue weighted by Crippen LogP contribution is -2.30. The minimum atomic E-state index is -1.82. The number of aliphatic carboxylic acids is 2. The van der Waals surface area contributed by atoms with E-state index in [9.17, 15) is 14.9 Å². The van der Waals surface area contributed by atoms with Crippen molar-refractivity contribution in [2.45, 2.75) is 13.3 Å². The van der Waals surface area contributed by atoms with Gasteiger partial charge in [0.2, 0.25) is 5.91 Å². The van der Waals surface area contributed by atoms with Gasteiger partial charge in [0.05, 0.1) is 22.7 Å². The Bertz CT molecular complexity index is 665. The number of nitrogens with zero attached hydrogens (tertiary/aromatic N) is 2. The number of nitro groups is 1. The first-order chi connectivity index (χ1) is 12.6. The Hall–Kier alpha value is -3.05. The van der Waals surface area contributed by atoms with Crippen LogP contribution in [-0.4, -0.2) is 71.6 Å². The van der Waals surface area contributed by atoms with Crippen molar-refractivity contribution in [3.05, 3.63) is 33.9 Å². The highest BCUT2D eigenvalue weighted by atomic mass is 16.6. The first-order valence-corrected chi connectivity index (χ1v) is 7.91. The summed E-state index contributed by atoms with van der Waals surface area (Å²) in [6.07, 6.45) is 0.954. The molecule has 0 spiro atoms. The van der Waals surface area contributed by atoms with Gasteiger partial charge in [-0.05, 0) is 46.6 Å². The molecule has 0 radical (unpaired) electrons. The zero-order chi connectivity index (χ0) is 21.0. The summed E-state index contributed by atoms with van der Waals surface area (Å²) in [5.74, 6) is -3.85. The maximum Gasteiger partial charge on any atom is 0.414 e. The molecule has 0 aliphatic heterocycles. The number of carboxylic acid groups (broad SMARTS) is 2. The van der Waals surface area contributed by atoms with Gasteiger partial charge in [-0.3, -0.25) is 14.9 Å². The number of nitrogens with one attached hydrogen (secondary N) is 2. The highest BCUT2D eigenvalue weighted by Gasteiger charge is 2.14. The van der Waals surface area contributed by atoms with E-state index < -0.39 is 16.9 Å². The van der Waals surface area contributed by atoms with Gasteiger partial charge < -0.3 is 25.7 Å². The number of anilines is 1. The molecule has 150 valence electrons. The van der Waals surface area contributed by atoms with Crippen LogP contribution < -0.4 is 10.6 Å². The summed E-state index contributed by atoms with van der Waals surface area (Å²) in [7, 11) is 4.00. The molecule has 0 saturated carbocycles. The van der Waals surface area contributed by atoms with Crippen molar-refractivity contribution in [1.82, 2.24) is 10.2 Å². The van der Waals surface area contributed by atoms with Gasteiger partial charge in [-0.2, -0.15) is 0 Å². The van der Waals surface area contributed by atoms with Gasteiger partial charge in [0.1, 0.15) is 0 Å². The van der Waals surface area contributed by atoms with Gasteiger partial charge in [-0.15, -0.1) is 0 Å². The van der Waals surface area contributed by atoms with Gasteiger partial charge in [-0.25, -0.2) is 9.59 Å². The van der Waals surface area contributed by atoms with E-state index in [1.165, 1.54) is 6.07 Å². The second-order valence-electron chi connectivity index (χ2n) is 5.70. The molecule has 27 heavy (non-hydrogen) atoms. The summed E-state index contributed by atoms with van der Waals surface area (Å²) in [4.78, 5) is 42.4. The molecule has 1 aromatic rings. The van der Waals surface area contributed by atoms with Gasteiger partial charge >= 0.3 is 11.9 Å². The molecule has 1 amide bonds. The third-order valence-electron chi connectivity index (χ3n) is 3.20. The SMILES string of the molecule is Cc1c(NC(=O)CNCCCN(C)C)cccc1[N+](=O)[O-].O=C(O)C(=O)O. The average Bonchev–Trinajstić information content (AvgIpc) is 2.56. The van der Waals surface area contributed by atoms with Crippen molar-refractivity contribution in [2.24, 2.45) is 0 Å². The second-order valence-corrected chi connectivity index (χ2v) is 5.70. The smallest absolute Gasteiger partial charge is 0.414 e. The highest BCUT2D eigenvalue weighted by Crippen LogP contribution is 2.24. The molecule has 1 rings (SSSR count). The molecular weight excluding hydrogens is 360 g/mol. The average molecular weight is 384 g/mol. The van der Waals surface area contributed by atoms with Gasteiger partial charge in [-0.1, -0.05) is 6.07 Å². The number of benzene rings is 1. The minimum Gasteiger partial charge on any atom is -0.473 e. The van der Waals surface area contributed by atoms with Crippen LogP contribution in [0, 0.1) is 17.0 Å². The van der Waals surface area contributed by atoms with Crippen molar-refractivity contribution in [1.29, 1.82) is 0 Å². The number of carbonyl (C=O) groups is 3. The van der Waals surface area contributed by atoms with E-state index in [2.05, 4.69) is 15.5 Å². The normalized spacial score (nSPS) is 9.93. The molecule has 0 aliphatic carbocycles. The lowest BCUT2D eigenvalue weighted by molar-refractivity contribution is -0.385. The molecule has 0 saturated heterocycles. The Balaban J connectivity index is 0.000000972. The third kappa shape index (κ3) is 10.5. The van der Waals surface area contributed by atoms with E-state index in [0.717, 1.165) is 19.5 Å². The van der Waals surface area contributed by atoms with Crippen LogP contribution in [0.4, 0.5) is 11.4 Å². The summed E-state index contributed by atoms with van der Waals surface area (Å²) in [6, 6.07) is 4.64. The molecule has 0 unspecified atom stereocenters. The van der Waals surface area contributed by atoms with Crippen molar-refractivity contribution >= 4 is 29.2 Å². The number of carboxylic acids is 2. The maximum atomic E-state index is 11.8. The predicted molar refractivity (Wildman–Crippen MR) is 97.8 cm³/mol. The molecule has 0 heterocycles. The van der Waals surface area contributed by atoms with Crippen LogP contribution in [0.25, 0.3) is 0 Å². The van der Waals surface area contributed by atoms with Crippen LogP contribution in [0.2, 0.25) is 0 Å². The summed E-state index contributed by atoms with van der Waals surface area (Å²) in [6.45, 7) is 3.52. The summed E-state index contributed by atoms with van der Waals surface area (Å²) < 4.78 is 0. The molecule has 0 atom stereocenters. The maximum absolute atomic E-state index is 11.8. The van der Waals surface area contributed by atoms with Gasteiger partial charge in [0.25, 0.3) is 5.69 Å². The van der Waals surface area contributed by atoms with E-state index in [0.29, 0.717) is 11.3 Å². The number of carbonyl (C=O) groups excluding carboxylic acids is 1. The Labute approximate surface area is 156 Å². The predicted octanol–water partition coefficient (Wildman–Crippen LogP) is 0.539. The molecule has 1 aromatic carbocycles. The van der Waals surface area contributed by atoms with Crippen LogP contribution in [0.5, 0.6) is 0 Å². The van der Waals surface area contributed by atoms with Crippen molar-refractivity contribution in [3.8, 4) is 0 Å². The summed E-state index contributed by atoms with van der Waals surface area (Å²) >= 11 is 0. The molecule has 0 aromatic heterocycles. The van der Waals surface area contributed by atoms with Crippen LogP contribution >= 0.6 is 0 Å². The fourth-order valence-corrected chi connectivity index (χ4v) is 1.87. The zero-order valence-corrected chi connectivity index (χ0v) is 15.4. The minimum absolute atomic E-state index is 0.00624. The Morgan fingerprint density at radius 1 is 1.19 bits per heavy atom. The van der Waals surface area contributed by atoms with Gasteiger partial charge in [0, 0.05) is 6.07 Å². The van der Waals surface area contributed by atoms with Crippen LogP contribution in [0.1, 0.15) is 12.0 Å². The quantitative estimate of drug-likeness (QED) is 0.217. The number of amides is 1. The summed E-state index contributed by atoms with van der Waals surface area (Å²) in [5.41, 5.74) is 0.944. The molecule has 11 nitrogen and oxygen atoms in total. The van der Waals surface area contributed by atoms with Crippen molar-refractivity contribution < 1.29 is 29.5 Å². The largest absolute Gasteiger partial charge is 0.473 e. The Morgan fingerprint density at radius 3 is 2.26 bits per heavy atom. The second kappa shape index (κ2) is 12.3. The zero-order valence-electron chi connectivity index (χ0n) is 15.4. The molecular formula is C16H24N4O7. The Morgan fingerprint density at radius 2 is 1.78 bits per heavy atom. The highest BCUT2D eigenvalue weighted by molar-refractivity contribution is 6.27. The summed E-state index contributed by atoms with van der Waals surface area (Å²) in [5, 5.41) is 31.4. The molecule has 4 N–H and O–H groups in total. The van der Waals surface area contributed by atoms with E-state index in [-0.39, 0.29) is 18.1 Å². The topological polar surface area (TPSA) is 162 Å². The molecule has 0 fully saturated rings. The van der Waals surface area contributed by atoms with Crippen molar-refractivity contribution in [2.75, 3.05) is 39.0 Å². The first kappa shape index (κ1) is 23.9. The van der Waals surface area contributed by atoms with Crippen LogP contribution in [0.15, 0.2) is 18.2 Å². The van der Waals surface area contributed by atoms with Crippen LogP contribution in [0.3, 0.4) is 0 Å². The fraction of sp³-hybridized carbons (Fsp3) is 0.438. The number of nitro benzene ring substituents is 1. The fourth-order valence-electron chi connectivity index (χ4n) is 1.87. The lowest BCUT2D eigenvalue weighted by Gasteiger charge is -2.11. The lowest BCUT2D eigenvalue weighted by atomic mass is 10.1. The molecule has 11 heteroatoms. The molecule has 0 aliphatic rings. The van der Waals surface area contributed by atoms with E-state index in [1.807, 2.05) is 14.1 Å².